The zero-order valence-corrected chi connectivity index (χ0v) is 11.9. The molecule has 100 valence electrons. The molecule has 2 saturated heterocycles. The lowest BCUT2D eigenvalue weighted by atomic mass is 9.79. The van der Waals surface area contributed by atoms with Crippen LogP contribution in [0.25, 0.3) is 0 Å². The molecule has 0 amide bonds. The van der Waals surface area contributed by atoms with Crippen molar-refractivity contribution >= 4 is 0 Å². The Morgan fingerprint density at radius 1 is 0.882 bits per heavy atom. The minimum absolute atomic E-state index is 0.0465. The van der Waals surface area contributed by atoms with Crippen LogP contribution in [-0.4, -0.2) is 29.7 Å². The molecule has 2 fully saturated rings. The molecule has 0 N–H and O–H groups in total. The van der Waals surface area contributed by atoms with E-state index >= 15 is 0 Å². The van der Waals surface area contributed by atoms with Crippen molar-refractivity contribution in [3.63, 3.8) is 0 Å². The van der Waals surface area contributed by atoms with Crippen molar-refractivity contribution in [1.82, 2.24) is 0 Å². The summed E-state index contributed by atoms with van der Waals surface area (Å²) in [6.45, 7) is 12.6. The number of fused-ring (bicyclic) bond motifs is 1. The monoisotopic (exact) mass is 242 g/mol. The Morgan fingerprint density at radius 3 is 2.06 bits per heavy atom. The summed E-state index contributed by atoms with van der Waals surface area (Å²) in [6, 6.07) is 0. The van der Waals surface area contributed by atoms with Crippen LogP contribution in [0, 0.1) is 5.92 Å². The minimum Gasteiger partial charge on any atom is -0.369 e. The standard InChI is InChI=1S/C14H26O3/c1-7-9-10(8-2)15-13(3,4)12-11(9)16-14(5,6)17-12/h9-12H,7-8H2,1-6H3/t9?,10?,11-,12+/m0/s1. The van der Waals surface area contributed by atoms with Crippen molar-refractivity contribution in [1.29, 1.82) is 0 Å². The van der Waals surface area contributed by atoms with Gasteiger partial charge in [-0.2, -0.15) is 0 Å². The predicted molar refractivity (Wildman–Crippen MR) is 66.8 cm³/mol. The first-order valence-corrected chi connectivity index (χ1v) is 6.84. The second-order valence-electron chi connectivity index (χ2n) is 6.26. The van der Waals surface area contributed by atoms with E-state index in [1.54, 1.807) is 0 Å². The highest BCUT2D eigenvalue weighted by Crippen LogP contribution is 2.46. The van der Waals surface area contributed by atoms with Crippen molar-refractivity contribution in [2.75, 3.05) is 0 Å². The number of ether oxygens (including phenoxy) is 3. The molecule has 2 aliphatic heterocycles. The lowest BCUT2D eigenvalue weighted by Crippen LogP contribution is -2.57. The fourth-order valence-electron chi connectivity index (χ4n) is 3.28. The molecule has 4 atom stereocenters. The van der Waals surface area contributed by atoms with Crippen LogP contribution in [-0.2, 0) is 14.2 Å². The van der Waals surface area contributed by atoms with Gasteiger partial charge in [0, 0.05) is 5.92 Å². The van der Waals surface area contributed by atoms with E-state index in [0.29, 0.717) is 5.92 Å². The topological polar surface area (TPSA) is 27.7 Å². The van der Waals surface area contributed by atoms with E-state index in [2.05, 4.69) is 27.7 Å². The lowest BCUT2D eigenvalue weighted by molar-refractivity contribution is -0.210. The zero-order chi connectivity index (χ0) is 12.8. The largest absolute Gasteiger partial charge is 0.369 e. The third-order valence-electron chi connectivity index (χ3n) is 4.04. The van der Waals surface area contributed by atoms with Gasteiger partial charge in [-0.05, 0) is 40.5 Å². The second kappa shape index (κ2) is 4.22. The van der Waals surface area contributed by atoms with E-state index in [0.717, 1.165) is 12.8 Å². The molecule has 0 spiro atoms. The number of hydrogen-bond acceptors (Lipinski definition) is 3. The van der Waals surface area contributed by atoms with Gasteiger partial charge in [-0.15, -0.1) is 0 Å². The summed E-state index contributed by atoms with van der Waals surface area (Å²) in [5.41, 5.74) is -0.259. The van der Waals surface area contributed by atoms with Gasteiger partial charge in [-0.25, -0.2) is 0 Å². The molecule has 0 aromatic carbocycles. The first-order valence-electron chi connectivity index (χ1n) is 6.84. The normalized spacial score (nSPS) is 43.4. The summed E-state index contributed by atoms with van der Waals surface area (Å²) in [7, 11) is 0. The van der Waals surface area contributed by atoms with Crippen molar-refractivity contribution in [2.24, 2.45) is 5.92 Å². The number of rotatable bonds is 2. The van der Waals surface area contributed by atoms with Crippen molar-refractivity contribution in [3.8, 4) is 0 Å². The summed E-state index contributed by atoms with van der Waals surface area (Å²) >= 11 is 0. The van der Waals surface area contributed by atoms with Crippen molar-refractivity contribution in [2.45, 2.75) is 84.1 Å². The summed E-state index contributed by atoms with van der Waals surface area (Å²) in [6.07, 6.45) is 2.62. The fraction of sp³-hybridized carbons (Fsp3) is 1.00. The molecule has 2 unspecified atom stereocenters. The minimum atomic E-state index is -0.480. The summed E-state index contributed by atoms with van der Waals surface area (Å²) in [5.74, 6) is -0.0359. The molecule has 3 heteroatoms. The quantitative estimate of drug-likeness (QED) is 0.744. The zero-order valence-electron chi connectivity index (χ0n) is 11.9. The summed E-state index contributed by atoms with van der Waals surface area (Å²) < 4.78 is 18.4. The van der Waals surface area contributed by atoms with Gasteiger partial charge in [-0.1, -0.05) is 13.8 Å². The van der Waals surface area contributed by atoms with E-state index in [1.165, 1.54) is 0 Å². The SMILES string of the molecule is CCC1OC(C)(C)[C@@H]2OC(C)(C)O[C@H]2C1CC. The molecule has 2 aliphatic rings. The van der Waals surface area contributed by atoms with E-state index in [-0.39, 0.29) is 23.9 Å². The molecule has 0 aliphatic carbocycles. The molecule has 17 heavy (non-hydrogen) atoms. The van der Waals surface area contributed by atoms with Crippen LogP contribution in [0.4, 0.5) is 0 Å². The van der Waals surface area contributed by atoms with Gasteiger partial charge in [0.25, 0.3) is 0 Å². The highest BCUT2D eigenvalue weighted by Gasteiger charge is 2.57. The van der Waals surface area contributed by atoms with Gasteiger partial charge in [0.1, 0.15) is 6.10 Å². The second-order valence-corrected chi connectivity index (χ2v) is 6.26. The highest BCUT2D eigenvalue weighted by atomic mass is 16.8. The third kappa shape index (κ3) is 2.25. The Hall–Kier alpha value is -0.120. The molecule has 0 aromatic rings. The number of hydrogen-bond donors (Lipinski definition) is 0. The Balaban J connectivity index is 2.28. The molecule has 0 bridgehead atoms. The van der Waals surface area contributed by atoms with Gasteiger partial charge in [0.05, 0.1) is 17.8 Å². The van der Waals surface area contributed by atoms with Gasteiger partial charge >= 0.3 is 0 Å². The smallest absolute Gasteiger partial charge is 0.163 e. The molecule has 3 nitrogen and oxygen atoms in total. The first kappa shape index (κ1) is 13.3. The maximum atomic E-state index is 6.23. The molecular formula is C14H26O3. The van der Waals surface area contributed by atoms with Crippen LogP contribution in [0.2, 0.25) is 0 Å². The maximum absolute atomic E-state index is 6.23. The van der Waals surface area contributed by atoms with E-state index in [4.69, 9.17) is 14.2 Å². The van der Waals surface area contributed by atoms with Crippen LogP contribution in [0.1, 0.15) is 54.4 Å². The third-order valence-corrected chi connectivity index (χ3v) is 4.04. The van der Waals surface area contributed by atoms with E-state index in [9.17, 15) is 0 Å². The van der Waals surface area contributed by atoms with Crippen LogP contribution >= 0.6 is 0 Å². The highest BCUT2D eigenvalue weighted by molar-refractivity contribution is 5.01. The maximum Gasteiger partial charge on any atom is 0.163 e. The van der Waals surface area contributed by atoms with E-state index < -0.39 is 5.79 Å². The summed E-state index contributed by atoms with van der Waals surface area (Å²) in [5, 5.41) is 0. The first-order chi connectivity index (χ1) is 7.80. The Kier molecular flexibility index (Phi) is 3.30. The molecular weight excluding hydrogens is 216 g/mol. The average Bonchev–Trinajstić information content (AvgIpc) is 2.54. The van der Waals surface area contributed by atoms with Gasteiger partial charge in [0.15, 0.2) is 5.79 Å². The Labute approximate surface area is 105 Å². The van der Waals surface area contributed by atoms with Gasteiger partial charge < -0.3 is 14.2 Å². The Bertz CT molecular complexity index is 285. The van der Waals surface area contributed by atoms with Crippen molar-refractivity contribution in [3.05, 3.63) is 0 Å². The summed E-state index contributed by atoms with van der Waals surface area (Å²) in [4.78, 5) is 0. The Morgan fingerprint density at radius 2 is 1.53 bits per heavy atom. The molecule has 2 heterocycles. The molecule has 0 aromatic heterocycles. The molecule has 0 saturated carbocycles. The molecule has 2 rings (SSSR count). The van der Waals surface area contributed by atoms with E-state index in [1.807, 2.05) is 13.8 Å². The lowest BCUT2D eigenvalue weighted by Gasteiger charge is -2.46. The van der Waals surface area contributed by atoms with Crippen molar-refractivity contribution < 1.29 is 14.2 Å². The average molecular weight is 242 g/mol. The predicted octanol–water partition coefficient (Wildman–Crippen LogP) is 3.12. The van der Waals surface area contributed by atoms with Gasteiger partial charge in [0.2, 0.25) is 0 Å². The van der Waals surface area contributed by atoms with Crippen LogP contribution in [0.3, 0.4) is 0 Å². The molecule has 0 radical (unpaired) electrons. The fourth-order valence-corrected chi connectivity index (χ4v) is 3.28. The van der Waals surface area contributed by atoms with Crippen LogP contribution in [0.5, 0.6) is 0 Å². The van der Waals surface area contributed by atoms with Gasteiger partial charge in [-0.3, -0.25) is 0 Å². The van der Waals surface area contributed by atoms with Crippen LogP contribution in [0.15, 0.2) is 0 Å². The van der Waals surface area contributed by atoms with Crippen LogP contribution < -0.4 is 0 Å².